The molecule has 0 spiro atoms. The van der Waals surface area contributed by atoms with Gasteiger partial charge in [-0.1, -0.05) is 36.4 Å². The summed E-state index contributed by atoms with van der Waals surface area (Å²) in [6.07, 6.45) is 0. The minimum Gasteiger partial charge on any atom is -0.457 e. The van der Waals surface area contributed by atoms with Crippen molar-refractivity contribution >= 4 is 35.0 Å². The molecule has 4 aromatic rings. The molecule has 4 amide bonds. The van der Waals surface area contributed by atoms with Crippen molar-refractivity contribution in [1.29, 1.82) is 0 Å². The third kappa shape index (κ3) is 3.43. The van der Waals surface area contributed by atoms with E-state index in [9.17, 15) is 19.2 Å². The monoisotopic (exact) mass is 488 g/mol. The molecular weight excluding hydrogens is 468 g/mol. The second-order valence-electron chi connectivity index (χ2n) is 8.98. The van der Waals surface area contributed by atoms with Gasteiger partial charge in [-0.2, -0.15) is 0 Å². The van der Waals surface area contributed by atoms with Crippen molar-refractivity contribution in [2.45, 2.75) is 13.8 Å². The summed E-state index contributed by atoms with van der Waals surface area (Å²) in [5, 5.41) is 0. The maximum atomic E-state index is 13.2. The average molecular weight is 488 g/mol. The normalized spacial score (nSPS) is 14.3. The zero-order valence-electron chi connectivity index (χ0n) is 20.0. The number of anilines is 2. The Kier molecular flexibility index (Phi) is 5.01. The van der Waals surface area contributed by atoms with Gasteiger partial charge in [-0.3, -0.25) is 19.2 Å². The number of rotatable bonds is 4. The summed E-state index contributed by atoms with van der Waals surface area (Å²) < 4.78 is 5.96. The van der Waals surface area contributed by atoms with Gasteiger partial charge in [-0.05, 0) is 73.5 Å². The largest absolute Gasteiger partial charge is 0.457 e. The number of fused-ring (bicyclic) bond motifs is 2. The first-order chi connectivity index (χ1) is 17.8. The van der Waals surface area contributed by atoms with Crippen molar-refractivity contribution in [3.63, 3.8) is 0 Å². The highest BCUT2D eigenvalue weighted by Crippen LogP contribution is 2.36. The van der Waals surface area contributed by atoms with Crippen LogP contribution in [0.5, 0.6) is 11.5 Å². The number of hydrogen-bond donors (Lipinski definition) is 0. The minimum atomic E-state index is -0.427. The molecule has 0 saturated carbocycles. The van der Waals surface area contributed by atoms with Crippen LogP contribution in [0.15, 0.2) is 84.9 Å². The molecule has 2 aliphatic rings. The van der Waals surface area contributed by atoms with Gasteiger partial charge in [0.1, 0.15) is 11.5 Å². The van der Waals surface area contributed by atoms with Crippen LogP contribution in [-0.2, 0) is 0 Å². The summed E-state index contributed by atoms with van der Waals surface area (Å²) in [6, 6.07) is 23.8. The van der Waals surface area contributed by atoms with E-state index in [0.29, 0.717) is 34.0 Å². The van der Waals surface area contributed by atoms with Crippen molar-refractivity contribution in [1.82, 2.24) is 0 Å². The Bertz CT molecular complexity index is 1550. The number of hydrogen-bond acceptors (Lipinski definition) is 5. The molecule has 2 heterocycles. The molecular formula is C30H20N2O5. The Hall–Kier alpha value is -5.04. The lowest BCUT2D eigenvalue weighted by Crippen LogP contribution is -2.29. The fraction of sp³-hybridized carbons (Fsp3) is 0.0667. The highest BCUT2D eigenvalue weighted by Gasteiger charge is 2.39. The van der Waals surface area contributed by atoms with Gasteiger partial charge in [-0.25, -0.2) is 9.80 Å². The van der Waals surface area contributed by atoms with Crippen LogP contribution in [0, 0.1) is 13.8 Å². The number of amides is 4. The van der Waals surface area contributed by atoms with E-state index in [4.69, 9.17) is 4.74 Å². The lowest BCUT2D eigenvalue weighted by molar-refractivity contribution is 0.0910. The molecule has 0 atom stereocenters. The van der Waals surface area contributed by atoms with Gasteiger partial charge in [0.05, 0.1) is 33.6 Å². The van der Waals surface area contributed by atoms with E-state index in [1.807, 2.05) is 38.1 Å². The van der Waals surface area contributed by atoms with Crippen LogP contribution in [0.1, 0.15) is 52.6 Å². The van der Waals surface area contributed by atoms with Gasteiger partial charge in [0.15, 0.2) is 0 Å². The maximum Gasteiger partial charge on any atom is 0.266 e. The number of carbonyl (C=O) groups excluding carboxylic acids is 4. The molecule has 7 nitrogen and oxygen atoms in total. The summed E-state index contributed by atoms with van der Waals surface area (Å²) in [5.74, 6) is -0.970. The second kappa shape index (κ2) is 8.27. The lowest BCUT2D eigenvalue weighted by atomic mass is 10.1. The molecule has 37 heavy (non-hydrogen) atoms. The summed E-state index contributed by atoms with van der Waals surface area (Å²) in [4.78, 5) is 54.6. The second-order valence-corrected chi connectivity index (χ2v) is 8.98. The Morgan fingerprint density at radius 3 is 1.27 bits per heavy atom. The zero-order chi connectivity index (χ0) is 25.8. The van der Waals surface area contributed by atoms with Crippen molar-refractivity contribution in [2.75, 3.05) is 9.80 Å². The molecule has 6 rings (SSSR count). The lowest BCUT2D eigenvalue weighted by Gasteiger charge is -2.16. The van der Waals surface area contributed by atoms with Crippen LogP contribution in [-0.4, -0.2) is 23.6 Å². The third-order valence-electron chi connectivity index (χ3n) is 6.66. The molecule has 0 fully saturated rings. The molecule has 0 unspecified atom stereocenters. The van der Waals surface area contributed by atoms with Gasteiger partial charge >= 0.3 is 0 Å². The van der Waals surface area contributed by atoms with E-state index < -0.39 is 23.6 Å². The molecule has 2 aliphatic heterocycles. The van der Waals surface area contributed by atoms with E-state index in [1.165, 1.54) is 21.9 Å². The minimum absolute atomic E-state index is 0.240. The number of benzene rings is 4. The van der Waals surface area contributed by atoms with Gasteiger partial charge < -0.3 is 4.74 Å². The molecule has 0 aromatic heterocycles. The Balaban J connectivity index is 1.29. The smallest absolute Gasteiger partial charge is 0.266 e. The molecule has 0 radical (unpaired) electrons. The molecule has 0 aliphatic carbocycles. The predicted octanol–water partition coefficient (Wildman–Crippen LogP) is 5.70. The topological polar surface area (TPSA) is 84.0 Å². The Morgan fingerprint density at radius 2 is 0.865 bits per heavy atom. The molecule has 0 saturated heterocycles. The summed E-state index contributed by atoms with van der Waals surface area (Å²) in [5.41, 5.74) is 3.77. The molecule has 180 valence electrons. The standard InChI is InChI=1S/C30H20N2O5/c1-17-7-3-5-9-25(17)31-27(33)21-13-11-19(15-23(21)29(31)35)37-20-12-14-22-24(16-20)30(36)32(28(22)34)26-10-6-4-8-18(26)2/h3-16H,1-2H3. The van der Waals surface area contributed by atoms with E-state index in [-0.39, 0.29) is 11.1 Å². The third-order valence-corrected chi connectivity index (χ3v) is 6.66. The molecule has 7 heteroatoms. The summed E-state index contributed by atoms with van der Waals surface area (Å²) in [6.45, 7) is 3.68. The van der Waals surface area contributed by atoms with Crippen molar-refractivity contribution in [2.24, 2.45) is 0 Å². The highest BCUT2D eigenvalue weighted by molar-refractivity contribution is 6.35. The zero-order valence-corrected chi connectivity index (χ0v) is 20.0. The van der Waals surface area contributed by atoms with Crippen LogP contribution in [0.4, 0.5) is 11.4 Å². The molecule has 0 N–H and O–H groups in total. The van der Waals surface area contributed by atoms with Crippen LogP contribution in [0.3, 0.4) is 0 Å². The van der Waals surface area contributed by atoms with Crippen LogP contribution in [0.2, 0.25) is 0 Å². The quantitative estimate of drug-likeness (QED) is 0.344. The molecule has 4 aromatic carbocycles. The fourth-order valence-corrected chi connectivity index (χ4v) is 4.77. The number of nitrogens with zero attached hydrogens (tertiary/aromatic N) is 2. The molecule has 0 bridgehead atoms. The predicted molar refractivity (Wildman–Crippen MR) is 138 cm³/mol. The maximum absolute atomic E-state index is 13.2. The van der Waals surface area contributed by atoms with Gasteiger partial charge in [0, 0.05) is 0 Å². The van der Waals surface area contributed by atoms with Crippen molar-refractivity contribution in [3.8, 4) is 11.5 Å². The van der Waals surface area contributed by atoms with Crippen molar-refractivity contribution < 1.29 is 23.9 Å². The number of carbonyl (C=O) groups is 4. The summed E-state index contributed by atoms with van der Waals surface area (Å²) in [7, 11) is 0. The average Bonchev–Trinajstić information content (AvgIpc) is 3.28. The van der Waals surface area contributed by atoms with Crippen molar-refractivity contribution in [3.05, 3.63) is 118 Å². The number of ether oxygens (including phenoxy) is 1. The fourth-order valence-electron chi connectivity index (χ4n) is 4.77. The first-order valence-corrected chi connectivity index (χ1v) is 11.7. The van der Waals surface area contributed by atoms with Crippen LogP contribution in [0.25, 0.3) is 0 Å². The van der Waals surface area contributed by atoms with E-state index in [1.54, 1.807) is 48.5 Å². The highest BCUT2D eigenvalue weighted by atomic mass is 16.5. The van der Waals surface area contributed by atoms with E-state index in [0.717, 1.165) is 11.1 Å². The van der Waals surface area contributed by atoms with Gasteiger partial charge in [0.2, 0.25) is 0 Å². The van der Waals surface area contributed by atoms with E-state index in [2.05, 4.69) is 0 Å². The Labute approximate surface area is 212 Å². The van der Waals surface area contributed by atoms with Crippen LogP contribution >= 0.6 is 0 Å². The Morgan fingerprint density at radius 1 is 0.486 bits per heavy atom. The number of imide groups is 2. The first kappa shape index (κ1) is 22.4. The van der Waals surface area contributed by atoms with Gasteiger partial charge in [0.25, 0.3) is 23.6 Å². The number of para-hydroxylation sites is 2. The van der Waals surface area contributed by atoms with E-state index >= 15 is 0 Å². The number of aryl methyl sites for hydroxylation is 2. The van der Waals surface area contributed by atoms with Crippen LogP contribution < -0.4 is 14.5 Å². The van der Waals surface area contributed by atoms with Gasteiger partial charge in [-0.15, -0.1) is 0 Å². The summed E-state index contributed by atoms with van der Waals surface area (Å²) >= 11 is 0. The first-order valence-electron chi connectivity index (χ1n) is 11.7. The SMILES string of the molecule is Cc1ccccc1N1C(=O)c2ccc(Oc3ccc4c(c3)C(=O)N(c3ccccc3C)C4=O)cc2C1=O.